The third-order valence-electron chi connectivity index (χ3n) is 2.80. The minimum Gasteiger partial charge on any atom is -0.0761 e. The molecule has 1 radical (unpaired) electrons. The van der Waals surface area contributed by atoms with Gasteiger partial charge in [0.05, 0.1) is 0 Å². The van der Waals surface area contributed by atoms with Crippen LogP contribution in [0, 0.1) is 18.3 Å². The maximum Gasteiger partial charge on any atom is 0.00866 e. The van der Waals surface area contributed by atoms with E-state index < -0.39 is 0 Å². The van der Waals surface area contributed by atoms with Crippen molar-refractivity contribution >= 4 is 0 Å². The highest BCUT2D eigenvalue weighted by Crippen LogP contribution is 2.38. The van der Waals surface area contributed by atoms with E-state index in [4.69, 9.17) is 0 Å². The second-order valence-corrected chi connectivity index (χ2v) is 3.95. The van der Waals surface area contributed by atoms with Crippen molar-refractivity contribution in [1.29, 1.82) is 0 Å². The first kappa shape index (κ1) is 7.15. The van der Waals surface area contributed by atoms with Gasteiger partial charge in [-0.25, -0.2) is 0 Å². The molecule has 0 spiro atoms. The molecule has 0 fully saturated rings. The zero-order chi connectivity index (χ0) is 7.84. The molecule has 2 unspecified atom stereocenters. The van der Waals surface area contributed by atoms with E-state index in [2.05, 4.69) is 32.4 Å². The summed E-state index contributed by atoms with van der Waals surface area (Å²) in [7, 11) is 0. The molecule has 0 saturated heterocycles. The quantitative estimate of drug-likeness (QED) is 0.494. The summed E-state index contributed by atoms with van der Waals surface area (Å²) >= 11 is 0. The molecule has 0 bridgehead atoms. The van der Waals surface area contributed by atoms with Gasteiger partial charge in [-0.15, -0.1) is 0 Å². The normalized spacial score (nSPS) is 36.2. The van der Waals surface area contributed by atoms with Gasteiger partial charge >= 0.3 is 0 Å². The summed E-state index contributed by atoms with van der Waals surface area (Å²) in [5.74, 6) is 1.68. The molecule has 0 N–H and O–H groups in total. The van der Waals surface area contributed by atoms with Gasteiger partial charge in [0, 0.05) is 6.42 Å². The first-order valence-corrected chi connectivity index (χ1v) is 4.52. The molecule has 11 heavy (non-hydrogen) atoms. The Morgan fingerprint density at radius 3 is 3.00 bits per heavy atom. The first-order valence-electron chi connectivity index (χ1n) is 4.52. The van der Waals surface area contributed by atoms with Crippen molar-refractivity contribution in [3.8, 4) is 0 Å². The van der Waals surface area contributed by atoms with Crippen molar-refractivity contribution in [2.45, 2.75) is 26.7 Å². The van der Waals surface area contributed by atoms with Crippen molar-refractivity contribution in [3.63, 3.8) is 0 Å². The largest absolute Gasteiger partial charge is 0.0761 e. The average Bonchev–Trinajstić information content (AvgIpc) is 2.34. The predicted molar refractivity (Wildman–Crippen MR) is 48.0 cm³/mol. The molecule has 0 aromatic rings. The van der Waals surface area contributed by atoms with E-state index >= 15 is 0 Å². The van der Waals surface area contributed by atoms with E-state index in [1.54, 1.807) is 11.1 Å². The number of hydrogen-bond acceptors (Lipinski definition) is 0. The second-order valence-electron chi connectivity index (χ2n) is 3.95. The molecule has 0 aromatic carbocycles. The van der Waals surface area contributed by atoms with Crippen LogP contribution in [0.15, 0.2) is 23.3 Å². The van der Waals surface area contributed by atoms with E-state index in [9.17, 15) is 0 Å². The summed E-state index contributed by atoms with van der Waals surface area (Å²) in [6, 6.07) is 0. The van der Waals surface area contributed by atoms with Crippen molar-refractivity contribution in [2.75, 3.05) is 0 Å². The summed E-state index contributed by atoms with van der Waals surface area (Å²) in [4.78, 5) is 0. The van der Waals surface area contributed by atoms with Crippen LogP contribution in [0.25, 0.3) is 0 Å². The molecule has 2 aliphatic carbocycles. The van der Waals surface area contributed by atoms with E-state index in [1.165, 1.54) is 12.8 Å². The molecule has 0 nitrogen and oxygen atoms in total. The topological polar surface area (TPSA) is 0 Å². The number of rotatable bonds is 0. The first-order chi connectivity index (χ1) is 5.27. The van der Waals surface area contributed by atoms with Crippen LogP contribution in [0.3, 0.4) is 0 Å². The molecular weight excluding hydrogens is 132 g/mol. The van der Waals surface area contributed by atoms with Gasteiger partial charge in [-0.05, 0) is 30.3 Å². The highest BCUT2D eigenvalue weighted by atomic mass is 14.3. The van der Waals surface area contributed by atoms with Gasteiger partial charge in [0.1, 0.15) is 0 Å². The van der Waals surface area contributed by atoms with Gasteiger partial charge in [0.2, 0.25) is 0 Å². The van der Waals surface area contributed by atoms with Crippen LogP contribution in [-0.2, 0) is 0 Å². The smallest absolute Gasteiger partial charge is 0.00866 e. The minimum atomic E-state index is 0.795. The maximum absolute atomic E-state index is 2.35. The minimum absolute atomic E-state index is 0.795. The third-order valence-corrected chi connectivity index (χ3v) is 2.80. The van der Waals surface area contributed by atoms with Crippen molar-refractivity contribution < 1.29 is 0 Å². The Morgan fingerprint density at radius 1 is 1.36 bits per heavy atom. The molecule has 2 aliphatic rings. The standard InChI is InChI=1S/C11H15/c1-8-6-9(2)11-5-3-4-10(11)7-8/h3-5,8-9H,6-7H2,1-2H3. The molecular formula is C11H15. The second kappa shape index (κ2) is 2.51. The lowest BCUT2D eigenvalue weighted by Crippen LogP contribution is -2.12. The van der Waals surface area contributed by atoms with E-state index in [1.807, 2.05) is 0 Å². The van der Waals surface area contributed by atoms with Crippen LogP contribution in [0.4, 0.5) is 0 Å². The maximum atomic E-state index is 2.35. The van der Waals surface area contributed by atoms with Gasteiger partial charge in [0.15, 0.2) is 0 Å². The summed E-state index contributed by atoms with van der Waals surface area (Å²) in [6.45, 7) is 4.70. The van der Waals surface area contributed by atoms with Crippen LogP contribution in [0.1, 0.15) is 26.7 Å². The molecule has 0 amide bonds. The molecule has 0 aliphatic heterocycles. The van der Waals surface area contributed by atoms with Gasteiger partial charge in [-0.3, -0.25) is 0 Å². The van der Waals surface area contributed by atoms with Crippen LogP contribution in [-0.4, -0.2) is 0 Å². The fourth-order valence-corrected chi connectivity index (χ4v) is 2.33. The zero-order valence-electron chi connectivity index (χ0n) is 7.30. The molecule has 0 heteroatoms. The summed E-state index contributed by atoms with van der Waals surface area (Å²) in [5, 5.41) is 0. The van der Waals surface area contributed by atoms with Crippen LogP contribution < -0.4 is 0 Å². The fourth-order valence-electron chi connectivity index (χ4n) is 2.33. The van der Waals surface area contributed by atoms with Crippen molar-refractivity contribution in [3.05, 3.63) is 29.7 Å². The molecule has 2 rings (SSSR count). The number of allylic oxidation sites excluding steroid dienone is 4. The monoisotopic (exact) mass is 147 g/mol. The Kier molecular flexibility index (Phi) is 1.63. The van der Waals surface area contributed by atoms with Gasteiger partial charge in [-0.1, -0.05) is 31.6 Å². The van der Waals surface area contributed by atoms with E-state index in [0.717, 1.165) is 11.8 Å². The van der Waals surface area contributed by atoms with Crippen molar-refractivity contribution in [2.24, 2.45) is 11.8 Å². The van der Waals surface area contributed by atoms with Crippen molar-refractivity contribution in [1.82, 2.24) is 0 Å². The fraction of sp³-hybridized carbons (Fsp3) is 0.545. The van der Waals surface area contributed by atoms with Crippen LogP contribution in [0.2, 0.25) is 0 Å². The Morgan fingerprint density at radius 2 is 2.18 bits per heavy atom. The summed E-state index contributed by atoms with van der Waals surface area (Å²) < 4.78 is 0. The lowest BCUT2D eigenvalue weighted by atomic mass is 9.80. The Labute approximate surface area is 69.0 Å². The Hall–Kier alpha value is -0.520. The number of hydrogen-bond donors (Lipinski definition) is 0. The molecule has 0 aromatic heterocycles. The predicted octanol–water partition coefficient (Wildman–Crippen LogP) is 3.12. The van der Waals surface area contributed by atoms with Gasteiger partial charge in [-0.2, -0.15) is 0 Å². The summed E-state index contributed by atoms with van der Waals surface area (Å²) in [6.07, 6.45) is 9.43. The lowest BCUT2D eigenvalue weighted by Gasteiger charge is -2.25. The zero-order valence-corrected chi connectivity index (χ0v) is 7.30. The SMILES string of the molecule is CC1CC2=C(C=C[CH]2)C(C)C1. The molecule has 59 valence electrons. The van der Waals surface area contributed by atoms with E-state index in [0.29, 0.717) is 0 Å². The lowest BCUT2D eigenvalue weighted by molar-refractivity contribution is 0.427. The van der Waals surface area contributed by atoms with Crippen LogP contribution >= 0.6 is 0 Å². The summed E-state index contributed by atoms with van der Waals surface area (Å²) in [5.41, 5.74) is 3.19. The average molecular weight is 147 g/mol. The molecule has 2 atom stereocenters. The Balaban J connectivity index is 2.26. The van der Waals surface area contributed by atoms with E-state index in [-0.39, 0.29) is 0 Å². The molecule has 0 heterocycles. The third kappa shape index (κ3) is 1.15. The highest BCUT2D eigenvalue weighted by molar-refractivity contribution is 5.44. The van der Waals surface area contributed by atoms with Crippen LogP contribution in [0.5, 0.6) is 0 Å². The van der Waals surface area contributed by atoms with Gasteiger partial charge in [0.25, 0.3) is 0 Å². The highest BCUT2D eigenvalue weighted by Gasteiger charge is 2.23. The Bertz CT molecular complexity index is 220. The molecule has 0 saturated carbocycles. The van der Waals surface area contributed by atoms with Gasteiger partial charge < -0.3 is 0 Å².